The van der Waals surface area contributed by atoms with Crippen molar-refractivity contribution < 1.29 is 9.76 Å². The first-order chi connectivity index (χ1) is 13.7. The van der Waals surface area contributed by atoms with E-state index in [-0.39, 0.29) is 0 Å². The van der Waals surface area contributed by atoms with Crippen molar-refractivity contribution >= 4 is 34.5 Å². The summed E-state index contributed by atoms with van der Waals surface area (Å²) >= 11 is 0. The van der Waals surface area contributed by atoms with Crippen molar-refractivity contribution in [3.05, 3.63) is 78.9 Å². The number of hydrogen-bond donors (Lipinski definition) is 1. The molecule has 0 unspecified atom stereocenters. The van der Waals surface area contributed by atoms with Crippen LogP contribution in [0.25, 0.3) is 32.7 Å². The average molecular weight is 381 g/mol. The van der Waals surface area contributed by atoms with E-state index in [2.05, 4.69) is 72.8 Å². The minimum absolute atomic E-state index is 0.681. The summed E-state index contributed by atoms with van der Waals surface area (Å²) in [7, 11) is 1.74. The molecular weight excluding hydrogens is 355 g/mol. The van der Waals surface area contributed by atoms with E-state index in [1.807, 2.05) is 19.9 Å². The van der Waals surface area contributed by atoms with E-state index in [1.54, 1.807) is 21.3 Å². The van der Waals surface area contributed by atoms with Gasteiger partial charge >= 0.3 is 7.48 Å². The first-order valence-corrected chi connectivity index (χ1v) is 10.00. The molecule has 2 nitrogen and oxygen atoms in total. The molecule has 0 aliphatic heterocycles. The first-order valence-electron chi connectivity index (χ1n) is 10.00. The maximum atomic E-state index is 10.3. The van der Waals surface area contributed by atoms with Gasteiger partial charge in [-0.05, 0) is 66.4 Å². The molecule has 0 saturated carbocycles. The summed E-state index contributed by atoms with van der Waals surface area (Å²) in [6.07, 6.45) is 0. The van der Waals surface area contributed by atoms with E-state index in [4.69, 9.17) is 4.65 Å². The zero-order valence-electron chi connectivity index (χ0n) is 17.4. The third kappa shape index (κ3) is 3.94. The predicted octanol–water partition coefficient (Wildman–Crippen LogP) is 5.47. The molecule has 0 aliphatic rings. The second-order valence-corrected chi connectivity index (χ2v) is 8.65. The SMILES string of the molecule is CC(C)(O)C(C)(C)O[B]c1ccc2c(ccc3cc(-c4ccccc4)ccc32)c1. The molecule has 0 spiro atoms. The van der Waals surface area contributed by atoms with Gasteiger partial charge in [-0.25, -0.2) is 0 Å². The molecule has 0 saturated heterocycles. The highest BCUT2D eigenvalue weighted by atomic mass is 16.5. The summed E-state index contributed by atoms with van der Waals surface area (Å²) in [5.41, 5.74) is 1.82. The van der Waals surface area contributed by atoms with Crippen LogP contribution in [0.3, 0.4) is 0 Å². The van der Waals surface area contributed by atoms with Crippen molar-refractivity contribution in [2.45, 2.75) is 38.9 Å². The third-order valence-electron chi connectivity index (χ3n) is 5.93. The summed E-state index contributed by atoms with van der Waals surface area (Å²) < 4.78 is 5.91. The highest BCUT2D eigenvalue weighted by molar-refractivity contribution is 6.47. The molecule has 0 aliphatic carbocycles. The fraction of sp³-hybridized carbons (Fsp3) is 0.231. The van der Waals surface area contributed by atoms with Crippen LogP contribution in [0.15, 0.2) is 78.9 Å². The van der Waals surface area contributed by atoms with Crippen molar-refractivity contribution in [2.24, 2.45) is 0 Å². The summed E-state index contributed by atoms with van der Waals surface area (Å²) in [5, 5.41) is 15.1. The van der Waals surface area contributed by atoms with Gasteiger partial charge < -0.3 is 9.76 Å². The number of hydrogen-bond acceptors (Lipinski definition) is 2. The maximum Gasteiger partial charge on any atom is 0.330 e. The normalized spacial score (nSPS) is 12.4. The van der Waals surface area contributed by atoms with Gasteiger partial charge in [-0.3, -0.25) is 0 Å². The lowest BCUT2D eigenvalue weighted by Crippen LogP contribution is -2.49. The lowest BCUT2D eigenvalue weighted by molar-refractivity contribution is -0.0893. The Morgan fingerprint density at radius 3 is 1.97 bits per heavy atom. The number of aliphatic hydroxyl groups is 1. The number of fused-ring (bicyclic) bond motifs is 3. The van der Waals surface area contributed by atoms with Crippen molar-refractivity contribution in [1.82, 2.24) is 0 Å². The van der Waals surface area contributed by atoms with Crippen LogP contribution in [-0.2, 0) is 4.65 Å². The number of benzene rings is 4. The van der Waals surface area contributed by atoms with Gasteiger partial charge in [-0.2, -0.15) is 0 Å². The second-order valence-electron chi connectivity index (χ2n) is 8.65. The van der Waals surface area contributed by atoms with E-state index in [0.717, 1.165) is 5.46 Å². The van der Waals surface area contributed by atoms with Crippen molar-refractivity contribution in [1.29, 1.82) is 0 Å². The van der Waals surface area contributed by atoms with E-state index in [1.165, 1.54) is 32.7 Å². The minimum Gasteiger partial charge on any atom is -0.427 e. The van der Waals surface area contributed by atoms with E-state index < -0.39 is 11.2 Å². The van der Waals surface area contributed by atoms with E-state index in [9.17, 15) is 5.11 Å². The van der Waals surface area contributed by atoms with Crippen LogP contribution in [0.5, 0.6) is 0 Å². The quantitative estimate of drug-likeness (QED) is 0.367. The summed E-state index contributed by atoms with van der Waals surface area (Å²) in [6.45, 7) is 7.30. The Labute approximate surface area is 173 Å². The van der Waals surface area contributed by atoms with Crippen molar-refractivity contribution in [3.63, 3.8) is 0 Å². The highest BCUT2D eigenvalue weighted by Crippen LogP contribution is 2.29. The van der Waals surface area contributed by atoms with Crippen LogP contribution < -0.4 is 5.46 Å². The zero-order valence-corrected chi connectivity index (χ0v) is 17.4. The Balaban J connectivity index is 1.66. The summed E-state index contributed by atoms with van der Waals surface area (Å²) in [5.74, 6) is 0. The van der Waals surface area contributed by atoms with Crippen LogP contribution in [-0.4, -0.2) is 23.8 Å². The van der Waals surface area contributed by atoms with Crippen LogP contribution >= 0.6 is 0 Å². The molecule has 0 heterocycles. The fourth-order valence-corrected chi connectivity index (χ4v) is 3.33. The molecule has 4 rings (SSSR count). The second kappa shape index (κ2) is 7.33. The monoisotopic (exact) mass is 381 g/mol. The Morgan fingerprint density at radius 1 is 0.690 bits per heavy atom. The van der Waals surface area contributed by atoms with E-state index in [0.29, 0.717) is 0 Å². The Hall–Kier alpha value is -2.62. The highest BCUT2D eigenvalue weighted by Gasteiger charge is 2.35. The van der Waals surface area contributed by atoms with Gasteiger partial charge in [-0.15, -0.1) is 0 Å². The molecule has 145 valence electrons. The molecule has 0 aromatic heterocycles. The van der Waals surface area contributed by atoms with Crippen molar-refractivity contribution in [2.75, 3.05) is 0 Å². The Morgan fingerprint density at radius 2 is 1.31 bits per heavy atom. The molecule has 29 heavy (non-hydrogen) atoms. The molecule has 0 fully saturated rings. The summed E-state index contributed by atoms with van der Waals surface area (Å²) in [4.78, 5) is 0. The van der Waals surface area contributed by atoms with Crippen LogP contribution in [0.2, 0.25) is 0 Å². The molecule has 4 aromatic rings. The van der Waals surface area contributed by atoms with Crippen LogP contribution in [0.4, 0.5) is 0 Å². The van der Waals surface area contributed by atoms with Gasteiger partial charge in [0.1, 0.15) is 0 Å². The molecule has 3 heteroatoms. The third-order valence-corrected chi connectivity index (χ3v) is 5.93. The van der Waals surface area contributed by atoms with Crippen LogP contribution in [0, 0.1) is 0 Å². The minimum atomic E-state index is -0.937. The Kier molecular flexibility index (Phi) is 4.98. The largest absolute Gasteiger partial charge is 0.427 e. The molecule has 0 amide bonds. The molecule has 0 atom stereocenters. The number of rotatable bonds is 5. The molecule has 4 aromatic carbocycles. The smallest absolute Gasteiger partial charge is 0.330 e. The topological polar surface area (TPSA) is 29.5 Å². The van der Waals surface area contributed by atoms with Gasteiger partial charge in [0.05, 0.1) is 11.2 Å². The fourth-order valence-electron chi connectivity index (χ4n) is 3.33. The zero-order chi connectivity index (χ0) is 20.6. The van der Waals surface area contributed by atoms with E-state index >= 15 is 0 Å². The van der Waals surface area contributed by atoms with Gasteiger partial charge in [0, 0.05) is 0 Å². The predicted molar refractivity (Wildman–Crippen MR) is 124 cm³/mol. The Bertz CT molecular complexity index is 1160. The van der Waals surface area contributed by atoms with Gasteiger partial charge in [0.2, 0.25) is 0 Å². The van der Waals surface area contributed by atoms with Crippen LogP contribution in [0.1, 0.15) is 27.7 Å². The van der Waals surface area contributed by atoms with Crippen molar-refractivity contribution in [3.8, 4) is 11.1 Å². The molecular formula is C26H26BO2. The standard InChI is InChI=1S/C26H26BO2/c1-25(2,28)26(3,4)29-27-22-13-15-24-21(17-22)11-10-20-16-19(12-14-23(20)24)18-8-6-5-7-9-18/h5-17,28H,1-4H3. The first kappa shape index (κ1) is 19.7. The summed E-state index contributed by atoms with van der Waals surface area (Å²) in [6, 6.07) is 27.8. The van der Waals surface area contributed by atoms with Gasteiger partial charge in [0.15, 0.2) is 0 Å². The molecule has 1 radical (unpaired) electrons. The van der Waals surface area contributed by atoms with Gasteiger partial charge in [0.25, 0.3) is 0 Å². The molecule has 0 bridgehead atoms. The maximum absolute atomic E-state index is 10.3. The molecule has 1 N–H and O–H groups in total. The van der Waals surface area contributed by atoms with Gasteiger partial charge in [-0.1, -0.05) is 78.3 Å². The lowest BCUT2D eigenvalue weighted by Gasteiger charge is -2.37. The average Bonchev–Trinajstić information content (AvgIpc) is 2.71. The lowest BCUT2D eigenvalue weighted by atomic mass is 9.81.